The summed E-state index contributed by atoms with van der Waals surface area (Å²) < 4.78 is 1.90. The molecule has 1 aromatic carbocycles. The van der Waals surface area contributed by atoms with Gasteiger partial charge in [0, 0.05) is 24.6 Å². The molecule has 0 atom stereocenters. The maximum absolute atomic E-state index is 5.19. The third-order valence-electron chi connectivity index (χ3n) is 2.65. The molecule has 0 saturated heterocycles. The fourth-order valence-corrected chi connectivity index (χ4v) is 1.91. The fraction of sp³-hybridized carbons (Fsp3) is 0.286. The lowest BCUT2D eigenvalue weighted by molar-refractivity contribution is 0.687. The van der Waals surface area contributed by atoms with E-state index in [4.69, 9.17) is 12.2 Å². The van der Waals surface area contributed by atoms with Gasteiger partial charge < -0.3 is 10.6 Å². The molecule has 0 aliphatic rings. The number of thiocarbonyl (C=S) groups is 1. The Morgan fingerprint density at radius 1 is 1.32 bits per heavy atom. The van der Waals surface area contributed by atoms with Crippen molar-refractivity contribution in [3.63, 3.8) is 0 Å². The van der Waals surface area contributed by atoms with E-state index in [9.17, 15) is 0 Å². The maximum Gasteiger partial charge on any atom is 0.170 e. The Balaban J connectivity index is 1.89. The smallest absolute Gasteiger partial charge is 0.170 e. The molecule has 4 nitrogen and oxygen atoms in total. The molecule has 2 rings (SSSR count). The summed E-state index contributed by atoms with van der Waals surface area (Å²) in [5, 5.41) is 11.2. The monoisotopic (exact) mass is 274 g/mol. The highest BCUT2D eigenvalue weighted by Gasteiger charge is 1.98. The summed E-state index contributed by atoms with van der Waals surface area (Å²) >= 11 is 5.19. The Labute approximate surface area is 118 Å². The zero-order chi connectivity index (χ0) is 13.5. The lowest BCUT2D eigenvalue weighted by atomic mass is 10.2. The van der Waals surface area contributed by atoms with Crippen molar-refractivity contribution in [2.45, 2.75) is 19.9 Å². The molecule has 0 aliphatic heterocycles. The van der Waals surface area contributed by atoms with E-state index >= 15 is 0 Å². The Morgan fingerprint density at radius 3 is 2.74 bits per heavy atom. The molecule has 100 valence electrons. The highest BCUT2D eigenvalue weighted by molar-refractivity contribution is 7.80. The predicted octanol–water partition coefficient (Wildman–Crippen LogP) is 2.63. The van der Waals surface area contributed by atoms with Crippen LogP contribution in [0.1, 0.15) is 18.9 Å². The van der Waals surface area contributed by atoms with Crippen LogP contribution in [0.5, 0.6) is 0 Å². The van der Waals surface area contributed by atoms with Gasteiger partial charge in [-0.1, -0.05) is 19.1 Å². The third-order valence-corrected chi connectivity index (χ3v) is 2.90. The van der Waals surface area contributed by atoms with Crippen molar-refractivity contribution >= 4 is 23.0 Å². The first kappa shape index (κ1) is 13.5. The van der Waals surface area contributed by atoms with Crippen molar-refractivity contribution < 1.29 is 0 Å². The normalized spacial score (nSPS) is 10.2. The highest BCUT2D eigenvalue weighted by Crippen LogP contribution is 2.10. The van der Waals surface area contributed by atoms with E-state index in [2.05, 4.69) is 34.8 Å². The molecule has 0 spiro atoms. The Hall–Kier alpha value is -1.88. The average molecular weight is 274 g/mol. The third kappa shape index (κ3) is 4.37. The number of benzene rings is 1. The van der Waals surface area contributed by atoms with Gasteiger partial charge in [-0.15, -0.1) is 0 Å². The molecule has 2 N–H and O–H groups in total. The Bertz CT molecular complexity index is 505. The van der Waals surface area contributed by atoms with Crippen LogP contribution in [0.25, 0.3) is 0 Å². The van der Waals surface area contributed by atoms with Gasteiger partial charge in [-0.3, -0.25) is 4.68 Å². The molecule has 0 saturated carbocycles. The lowest BCUT2D eigenvalue weighted by Crippen LogP contribution is -2.28. The molecule has 0 fully saturated rings. The predicted molar refractivity (Wildman–Crippen MR) is 82.3 cm³/mol. The van der Waals surface area contributed by atoms with Gasteiger partial charge in [0.2, 0.25) is 0 Å². The van der Waals surface area contributed by atoms with Crippen molar-refractivity contribution in [1.82, 2.24) is 15.1 Å². The zero-order valence-corrected chi connectivity index (χ0v) is 11.8. The molecular weight excluding hydrogens is 256 g/mol. The summed E-state index contributed by atoms with van der Waals surface area (Å²) in [6.07, 6.45) is 4.80. The quantitative estimate of drug-likeness (QED) is 0.823. The summed E-state index contributed by atoms with van der Waals surface area (Å²) in [4.78, 5) is 0. The standard InChI is InChI=1S/C14H18N4S/c1-2-8-15-14(19)17-13-6-4-12(5-7-13)11-18-10-3-9-16-18/h3-7,9-10H,2,8,11H2,1H3,(H2,15,17,19). The van der Waals surface area contributed by atoms with E-state index < -0.39 is 0 Å². The highest BCUT2D eigenvalue weighted by atomic mass is 32.1. The van der Waals surface area contributed by atoms with Gasteiger partial charge in [0.1, 0.15) is 0 Å². The second kappa shape index (κ2) is 6.89. The molecular formula is C14H18N4S. The van der Waals surface area contributed by atoms with Crippen LogP contribution < -0.4 is 10.6 Å². The number of anilines is 1. The molecule has 1 heterocycles. The van der Waals surface area contributed by atoms with Gasteiger partial charge >= 0.3 is 0 Å². The molecule has 0 unspecified atom stereocenters. The summed E-state index contributed by atoms with van der Waals surface area (Å²) in [7, 11) is 0. The second-order valence-electron chi connectivity index (χ2n) is 4.28. The summed E-state index contributed by atoms with van der Waals surface area (Å²) in [5.41, 5.74) is 2.21. The molecule has 0 bridgehead atoms. The van der Waals surface area contributed by atoms with Crippen LogP contribution >= 0.6 is 12.2 Å². The number of rotatable bonds is 5. The van der Waals surface area contributed by atoms with E-state index in [-0.39, 0.29) is 0 Å². The lowest BCUT2D eigenvalue weighted by Gasteiger charge is -2.10. The van der Waals surface area contributed by atoms with Crippen molar-refractivity contribution in [2.75, 3.05) is 11.9 Å². The molecule has 0 radical (unpaired) electrons. The van der Waals surface area contributed by atoms with Crippen molar-refractivity contribution in [2.24, 2.45) is 0 Å². The Kier molecular flexibility index (Phi) is 4.92. The topological polar surface area (TPSA) is 41.9 Å². The number of nitrogens with one attached hydrogen (secondary N) is 2. The molecule has 0 amide bonds. The summed E-state index contributed by atoms with van der Waals surface area (Å²) in [6, 6.07) is 10.1. The van der Waals surface area contributed by atoms with Gasteiger partial charge in [0.25, 0.3) is 0 Å². The summed E-state index contributed by atoms with van der Waals surface area (Å²) in [6.45, 7) is 3.79. The SMILES string of the molecule is CCCNC(=S)Nc1ccc(Cn2cccn2)cc1. The number of aromatic nitrogens is 2. The van der Waals surface area contributed by atoms with E-state index in [1.54, 1.807) is 6.20 Å². The van der Waals surface area contributed by atoms with Gasteiger partial charge in [-0.25, -0.2) is 0 Å². The van der Waals surface area contributed by atoms with Gasteiger partial charge in [-0.05, 0) is 42.4 Å². The van der Waals surface area contributed by atoms with Gasteiger partial charge in [0.05, 0.1) is 6.54 Å². The first-order valence-corrected chi connectivity index (χ1v) is 6.80. The van der Waals surface area contributed by atoms with Gasteiger partial charge in [-0.2, -0.15) is 5.10 Å². The molecule has 5 heteroatoms. The van der Waals surface area contributed by atoms with Crippen LogP contribution in [-0.2, 0) is 6.54 Å². The number of nitrogens with zero attached hydrogens (tertiary/aromatic N) is 2. The van der Waals surface area contributed by atoms with Crippen LogP contribution in [0.15, 0.2) is 42.7 Å². The molecule has 2 aromatic rings. The number of hydrogen-bond acceptors (Lipinski definition) is 2. The number of hydrogen-bond donors (Lipinski definition) is 2. The van der Waals surface area contributed by atoms with Crippen LogP contribution in [0.4, 0.5) is 5.69 Å². The Morgan fingerprint density at radius 2 is 2.11 bits per heavy atom. The molecule has 19 heavy (non-hydrogen) atoms. The van der Waals surface area contributed by atoms with Gasteiger partial charge in [0.15, 0.2) is 5.11 Å². The van der Waals surface area contributed by atoms with E-state index in [1.807, 2.05) is 29.1 Å². The van der Waals surface area contributed by atoms with E-state index in [0.717, 1.165) is 25.2 Å². The maximum atomic E-state index is 5.19. The fourth-order valence-electron chi connectivity index (χ4n) is 1.69. The zero-order valence-electron chi connectivity index (χ0n) is 11.0. The van der Waals surface area contributed by atoms with E-state index in [1.165, 1.54) is 5.56 Å². The van der Waals surface area contributed by atoms with Crippen LogP contribution in [0.3, 0.4) is 0 Å². The second-order valence-corrected chi connectivity index (χ2v) is 4.69. The molecule has 0 aliphatic carbocycles. The van der Waals surface area contributed by atoms with Crippen LogP contribution in [0.2, 0.25) is 0 Å². The first-order valence-electron chi connectivity index (χ1n) is 6.39. The minimum absolute atomic E-state index is 0.668. The van der Waals surface area contributed by atoms with Crippen molar-refractivity contribution in [3.05, 3.63) is 48.3 Å². The van der Waals surface area contributed by atoms with Crippen molar-refractivity contribution in [3.8, 4) is 0 Å². The van der Waals surface area contributed by atoms with Crippen molar-refractivity contribution in [1.29, 1.82) is 0 Å². The van der Waals surface area contributed by atoms with Crippen LogP contribution in [0, 0.1) is 0 Å². The minimum atomic E-state index is 0.668. The summed E-state index contributed by atoms with van der Waals surface area (Å²) in [5.74, 6) is 0. The minimum Gasteiger partial charge on any atom is -0.362 e. The van der Waals surface area contributed by atoms with Crippen LogP contribution in [-0.4, -0.2) is 21.4 Å². The average Bonchev–Trinajstić information content (AvgIpc) is 2.91. The largest absolute Gasteiger partial charge is 0.362 e. The molecule has 1 aromatic heterocycles. The first-order chi connectivity index (χ1) is 9.28. The van der Waals surface area contributed by atoms with E-state index in [0.29, 0.717) is 5.11 Å².